The van der Waals surface area contributed by atoms with Crippen LogP contribution in [0.1, 0.15) is 28.4 Å². The van der Waals surface area contributed by atoms with Crippen molar-refractivity contribution >= 4 is 17.4 Å². The molecule has 2 aromatic rings. The molecule has 156 valence electrons. The lowest BCUT2D eigenvalue weighted by Crippen LogP contribution is -2.48. The zero-order valence-corrected chi connectivity index (χ0v) is 17.1. The van der Waals surface area contributed by atoms with Gasteiger partial charge < -0.3 is 19.1 Å². The number of methoxy groups -OCH3 is 1. The molecule has 0 spiro atoms. The van der Waals surface area contributed by atoms with Crippen LogP contribution in [0.25, 0.3) is 5.57 Å². The van der Waals surface area contributed by atoms with Crippen molar-refractivity contribution in [2.24, 2.45) is 0 Å². The molecular formula is C23H24N2O5. The minimum atomic E-state index is -0.472. The number of rotatable bonds is 5. The average Bonchev–Trinajstić information content (AvgIpc) is 3.13. The number of ether oxygens (including phenoxy) is 3. The minimum Gasteiger partial charge on any atom is -0.489 e. The van der Waals surface area contributed by atoms with E-state index in [1.165, 1.54) is 25.1 Å². The maximum Gasteiger partial charge on any atom is 0.339 e. The van der Waals surface area contributed by atoms with Gasteiger partial charge in [0, 0.05) is 24.7 Å². The molecular weight excluding hydrogens is 384 g/mol. The first kappa shape index (κ1) is 20.1. The second kappa shape index (κ2) is 8.67. The summed E-state index contributed by atoms with van der Waals surface area (Å²) >= 11 is 0. The SMILES string of the molecule is COC(=O)c1cncc(OCC2CN(C(=O)C3=C(C)c4ccccc4C3)CCO2)c1. The maximum absolute atomic E-state index is 13.2. The second-order valence-corrected chi connectivity index (χ2v) is 7.39. The number of hydrogen-bond donors (Lipinski definition) is 0. The zero-order chi connectivity index (χ0) is 21.1. The Morgan fingerprint density at radius 1 is 1.27 bits per heavy atom. The summed E-state index contributed by atoms with van der Waals surface area (Å²) in [7, 11) is 1.32. The Balaban J connectivity index is 1.38. The van der Waals surface area contributed by atoms with Crippen LogP contribution in [0.2, 0.25) is 0 Å². The molecule has 4 rings (SSSR count). The summed E-state index contributed by atoms with van der Waals surface area (Å²) in [6.07, 6.45) is 3.37. The number of morpholine rings is 1. The summed E-state index contributed by atoms with van der Waals surface area (Å²) in [5.41, 5.74) is 4.59. The molecule has 1 unspecified atom stereocenters. The van der Waals surface area contributed by atoms with Crippen molar-refractivity contribution in [1.82, 2.24) is 9.88 Å². The molecule has 1 aliphatic carbocycles. The molecule has 7 nitrogen and oxygen atoms in total. The van der Waals surface area contributed by atoms with E-state index in [0.29, 0.717) is 37.4 Å². The van der Waals surface area contributed by atoms with Gasteiger partial charge in [-0.05, 0) is 29.7 Å². The average molecular weight is 408 g/mol. The fourth-order valence-electron chi connectivity index (χ4n) is 3.87. The van der Waals surface area contributed by atoms with Crippen LogP contribution in [-0.4, -0.2) is 61.3 Å². The van der Waals surface area contributed by atoms with Crippen LogP contribution < -0.4 is 4.74 Å². The van der Waals surface area contributed by atoms with Gasteiger partial charge >= 0.3 is 5.97 Å². The lowest BCUT2D eigenvalue weighted by molar-refractivity contribution is -0.135. The van der Waals surface area contributed by atoms with Crippen molar-refractivity contribution in [3.63, 3.8) is 0 Å². The second-order valence-electron chi connectivity index (χ2n) is 7.39. The summed E-state index contributed by atoms with van der Waals surface area (Å²) in [5, 5.41) is 0. The summed E-state index contributed by atoms with van der Waals surface area (Å²) in [5.74, 6) is 0.0425. The molecule has 1 aromatic heterocycles. The Morgan fingerprint density at radius 2 is 2.10 bits per heavy atom. The fourth-order valence-corrected chi connectivity index (χ4v) is 3.87. The van der Waals surface area contributed by atoms with Crippen LogP contribution in [-0.2, 0) is 20.7 Å². The van der Waals surface area contributed by atoms with Gasteiger partial charge in [-0.25, -0.2) is 4.79 Å². The molecule has 0 N–H and O–H groups in total. The molecule has 0 saturated carbocycles. The first-order valence-electron chi connectivity index (χ1n) is 9.92. The quantitative estimate of drug-likeness (QED) is 0.708. The van der Waals surface area contributed by atoms with Crippen molar-refractivity contribution < 1.29 is 23.8 Å². The standard InChI is InChI=1S/C23H24N2O5/c1-15-20-6-4-3-5-16(20)10-21(15)22(26)25-7-8-29-19(13-25)14-30-18-9-17(11-24-12-18)23(27)28-2/h3-6,9,11-12,19H,7-8,10,13-14H2,1-2H3. The van der Waals surface area contributed by atoms with Crippen LogP contribution >= 0.6 is 0 Å². The number of esters is 1. The van der Waals surface area contributed by atoms with Crippen molar-refractivity contribution in [2.45, 2.75) is 19.4 Å². The summed E-state index contributed by atoms with van der Waals surface area (Å²) in [6.45, 7) is 3.74. The van der Waals surface area contributed by atoms with Crippen molar-refractivity contribution in [1.29, 1.82) is 0 Å². The molecule has 1 amide bonds. The molecule has 30 heavy (non-hydrogen) atoms. The van der Waals surface area contributed by atoms with Crippen molar-refractivity contribution in [2.75, 3.05) is 33.4 Å². The lowest BCUT2D eigenvalue weighted by atomic mass is 10.1. The Morgan fingerprint density at radius 3 is 2.90 bits per heavy atom. The predicted molar refractivity (Wildman–Crippen MR) is 110 cm³/mol. The van der Waals surface area contributed by atoms with Gasteiger partial charge in [0.25, 0.3) is 5.91 Å². The molecule has 1 atom stereocenters. The van der Waals surface area contributed by atoms with E-state index >= 15 is 0 Å². The van der Waals surface area contributed by atoms with Crippen LogP contribution in [0, 0.1) is 0 Å². The topological polar surface area (TPSA) is 78.0 Å². The van der Waals surface area contributed by atoms with E-state index in [1.807, 2.05) is 24.0 Å². The summed E-state index contributed by atoms with van der Waals surface area (Å²) in [6, 6.07) is 9.73. The van der Waals surface area contributed by atoms with E-state index < -0.39 is 5.97 Å². The first-order valence-corrected chi connectivity index (χ1v) is 9.92. The fraction of sp³-hybridized carbons (Fsp3) is 0.348. The highest BCUT2D eigenvalue weighted by atomic mass is 16.5. The molecule has 0 radical (unpaired) electrons. The van der Waals surface area contributed by atoms with Crippen LogP contribution in [0.15, 0.2) is 48.3 Å². The number of carbonyl (C=O) groups is 2. The van der Waals surface area contributed by atoms with Gasteiger partial charge in [-0.2, -0.15) is 0 Å². The summed E-state index contributed by atoms with van der Waals surface area (Å²) < 4.78 is 16.2. The number of aromatic nitrogens is 1. The monoisotopic (exact) mass is 408 g/mol. The normalized spacial score (nSPS) is 18.2. The van der Waals surface area contributed by atoms with E-state index in [1.54, 1.807) is 6.07 Å². The molecule has 1 fully saturated rings. The Hall–Kier alpha value is -3.19. The molecule has 2 aliphatic rings. The number of hydrogen-bond acceptors (Lipinski definition) is 6. The maximum atomic E-state index is 13.2. The van der Waals surface area contributed by atoms with Crippen LogP contribution in [0.4, 0.5) is 0 Å². The van der Waals surface area contributed by atoms with Crippen LogP contribution in [0.5, 0.6) is 5.75 Å². The number of fused-ring (bicyclic) bond motifs is 1. The van der Waals surface area contributed by atoms with Gasteiger partial charge in [-0.1, -0.05) is 24.3 Å². The third kappa shape index (κ3) is 4.07. The van der Waals surface area contributed by atoms with Crippen molar-refractivity contribution in [3.8, 4) is 5.75 Å². The number of nitrogens with zero attached hydrogens (tertiary/aromatic N) is 2. The van der Waals surface area contributed by atoms with Gasteiger partial charge in [0.15, 0.2) is 0 Å². The first-order chi connectivity index (χ1) is 14.6. The Labute approximate surface area is 175 Å². The Kier molecular flexibility index (Phi) is 5.81. The van der Waals surface area contributed by atoms with E-state index in [2.05, 4.69) is 17.1 Å². The molecule has 0 bridgehead atoms. The molecule has 7 heteroatoms. The predicted octanol–water partition coefficient (Wildman–Crippen LogP) is 2.50. The number of amides is 1. The highest BCUT2D eigenvalue weighted by Crippen LogP contribution is 2.33. The zero-order valence-electron chi connectivity index (χ0n) is 17.1. The van der Waals surface area contributed by atoms with E-state index in [4.69, 9.17) is 14.2 Å². The third-order valence-electron chi connectivity index (χ3n) is 5.50. The molecule has 1 aromatic carbocycles. The van der Waals surface area contributed by atoms with Gasteiger partial charge in [0.2, 0.25) is 0 Å². The van der Waals surface area contributed by atoms with Crippen molar-refractivity contribution in [3.05, 3.63) is 65.0 Å². The van der Waals surface area contributed by atoms with Gasteiger partial charge in [-0.3, -0.25) is 9.78 Å². The third-order valence-corrected chi connectivity index (χ3v) is 5.50. The smallest absolute Gasteiger partial charge is 0.339 e. The lowest BCUT2D eigenvalue weighted by Gasteiger charge is -2.33. The van der Waals surface area contributed by atoms with Gasteiger partial charge in [-0.15, -0.1) is 0 Å². The molecule has 1 saturated heterocycles. The molecule has 2 heterocycles. The minimum absolute atomic E-state index is 0.0614. The number of allylic oxidation sites excluding steroid dienone is 1. The van der Waals surface area contributed by atoms with Gasteiger partial charge in [0.1, 0.15) is 18.5 Å². The highest BCUT2D eigenvalue weighted by molar-refractivity contribution is 6.03. The number of carbonyl (C=O) groups excluding carboxylic acids is 2. The Bertz CT molecular complexity index is 1000. The highest BCUT2D eigenvalue weighted by Gasteiger charge is 2.30. The van der Waals surface area contributed by atoms with E-state index in [0.717, 1.165) is 16.7 Å². The summed E-state index contributed by atoms with van der Waals surface area (Å²) in [4.78, 5) is 30.6. The largest absolute Gasteiger partial charge is 0.489 e. The van der Waals surface area contributed by atoms with Crippen LogP contribution in [0.3, 0.4) is 0 Å². The van der Waals surface area contributed by atoms with E-state index in [-0.39, 0.29) is 18.6 Å². The number of pyridine rings is 1. The number of benzene rings is 1. The van der Waals surface area contributed by atoms with Gasteiger partial charge in [0.05, 0.1) is 32.0 Å². The van der Waals surface area contributed by atoms with E-state index in [9.17, 15) is 9.59 Å². The molecule has 1 aliphatic heterocycles.